The van der Waals surface area contributed by atoms with Gasteiger partial charge in [-0.15, -0.1) is 0 Å². The van der Waals surface area contributed by atoms with Gasteiger partial charge in [-0.1, -0.05) is 12.1 Å². The molecule has 0 aliphatic rings. The van der Waals surface area contributed by atoms with E-state index in [2.05, 4.69) is 42.7 Å². The molecule has 14 heteroatoms. The number of para-hydroxylation sites is 2. The molecule has 0 saturated heterocycles. The molecule has 0 aliphatic heterocycles. The van der Waals surface area contributed by atoms with Gasteiger partial charge in [0.25, 0.3) is 0 Å². The Kier molecular flexibility index (Phi) is 11.5. The molecule has 2 aromatic carbocycles. The van der Waals surface area contributed by atoms with Crippen LogP contribution >= 0.6 is 0 Å². The van der Waals surface area contributed by atoms with E-state index in [1.165, 1.54) is 13.4 Å². The quantitative estimate of drug-likeness (QED) is 0.0687. The SMILES string of the molecule is CN.N#CCCNc1nonc1-c1nc2ccccc2n1CC(=O)c1ccc(NC(=O)C(N)CCCN=CN)cc1. The summed E-state index contributed by atoms with van der Waals surface area (Å²) in [5, 5.41) is 22.5. The van der Waals surface area contributed by atoms with Gasteiger partial charge in [0.05, 0.1) is 42.4 Å². The van der Waals surface area contributed by atoms with Crippen LogP contribution in [0.5, 0.6) is 0 Å². The molecule has 14 nitrogen and oxygen atoms in total. The summed E-state index contributed by atoms with van der Waals surface area (Å²) in [6, 6.07) is 15.4. The molecule has 2 aromatic heterocycles. The Hall–Kier alpha value is -5.13. The lowest BCUT2D eigenvalue weighted by Gasteiger charge is -2.12. The first kappa shape index (κ1) is 30.4. The van der Waals surface area contributed by atoms with Crippen LogP contribution in [0, 0.1) is 11.3 Å². The second-order valence-corrected chi connectivity index (χ2v) is 8.60. The first-order chi connectivity index (χ1) is 20.0. The molecule has 1 unspecified atom stereocenters. The van der Waals surface area contributed by atoms with E-state index in [0.29, 0.717) is 60.0 Å². The Balaban J connectivity index is 0.00000226. The van der Waals surface area contributed by atoms with Crippen LogP contribution < -0.4 is 27.8 Å². The van der Waals surface area contributed by atoms with Crippen molar-refractivity contribution >= 4 is 40.6 Å². The highest BCUT2D eigenvalue weighted by Crippen LogP contribution is 2.28. The maximum Gasteiger partial charge on any atom is 0.241 e. The Morgan fingerprint density at radius 2 is 1.93 bits per heavy atom. The van der Waals surface area contributed by atoms with Gasteiger partial charge in [0, 0.05) is 24.3 Å². The summed E-state index contributed by atoms with van der Waals surface area (Å²) in [6.07, 6.45) is 2.61. The average Bonchev–Trinajstić information content (AvgIpc) is 3.61. The maximum atomic E-state index is 13.3. The number of hydrogen-bond donors (Lipinski definition) is 5. The van der Waals surface area contributed by atoms with E-state index in [4.69, 9.17) is 21.4 Å². The van der Waals surface area contributed by atoms with Crippen molar-refractivity contribution in [1.82, 2.24) is 19.9 Å². The number of carbonyl (C=O) groups excluding carboxylic acids is 2. The van der Waals surface area contributed by atoms with Crippen molar-refractivity contribution in [1.29, 1.82) is 5.26 Å². The summed E-state index contributed by atoms with van der Waals surface area (Å²) in [5.74, 6) is 0.241. The zero-order valence-corrected chi connectivity index (χ0v) is 22.7. The highest BCUT2D eigenvalue weighted by molar-refractivity contribution is 5.99. The molecule has 0 aliphatic carbocycles. The fourth-order valence-corrected chi connectivity index (χ4v) is 3.92. The highest BCUT2D eigenvalue weighted by atomic mass is 16.6. The molecular weight excluding hydrogens is 526 g/mol. The normalized spacial score (nSPS) is 11.5. The highest BCUT2D eigenvalue weighted by Gasteiger charge is 2.22. The Bertz CT molecular complexity index is 1500. The topological polar surface area (TPSA) is 229 Å². The van der Waals surface area contributed by atoms with Crippen LogP contribution in [0.15, 0.2) is 58.2 Å². The summed E-state index contributed by atoms with van der Waals surface area (Å²) >= 11 is 0. The van der Waals surface area contributed by atoms with E-state index in [1.807, 2.05) is 24.3 Å². The van der Waals surface area contributed by atoms with Crippen molar-refractivity contribution in [2.75, 3.05) is 30.8 Å². The zero-order chi connectivity index (χ0) is 29.6. The summed E-state index contributed by atoms with van der Waals surface area (Å²) in [4.78, 5) is 34.2. The average molecular weight is 560 g/mol. The van der Waals surface area contributed by atoms with Crippen LogP contribution in [0.2, 0.25) is 0 Å². The number of amides is 1. The summed E-state index contributed by atoms with van der Waals surface area (Å²) in [6.45, 7) is 0.837. The third kappa shape index (κ3) is 7.94. The van der Waals surface area contributed by atoms with Crippen LogP contribution in [0.1, 0.15) is 29.6 Å². The monoisotopic (exact) mass is 559 g/mol. The number of carbonyl (C=O) groups is 2. The smallest absolute Gasteiger partial charge is 0.241 e. The second-order valence-electron chi connectivity index (χ2n) is 8.60. The lowest BCUT2D eigenvalue weighted by atomic mass is 10.1. The number of rotatable bonds is 13. The van der Waals surface area contributed by atoms with Gasteiger partial charge < -0.3 is 32.4 Å². The fourth-order valence-electron chi connectivity index (χ4n) is 3.92. The Labute approximate surface area is 236 Å². The molecule has 8 N–H and O–H groups in total. The van der Waals surface area contributed by atoms with Crippen molar-refractivity contribution in [3.05, 3.63) is 54.1 Å². The van der Waals surface area contributed by atoms with E-state index in [-0.39, 0.29) is 24.7 Å². The van der Waals surface area contributed by atoms with Gasteiger partial charge in [-0.25, -0.2) is 9.61 Å². The number of nitrogens with zero attached hydrogens (tertiary/aromatic N) is 6. The molecule has 0 saturated carbocycles. The number of nitrogens with two attached hydrogens (primary N) is 3. The number of aliphatic imine (C=N–C) groups is 1. The molecule has 0 radical (unpaired) electrons. The van der Waals surface area contributed by atoms with Gasteiger partial charge in [-0.2, -0.15) is 5.26 Å². The van der Waals surface area contributed by atoms with Crippen LogP contribution in [-0.4, -0.2) is 64.1 Å². The molecule has 0 bridgehead atoms. The van der Waals surface area contributed by atoms with Crippen molar-refractivity contribution in [3.63, 3.8) is 0 Å². The summed E-state index contributed by atoms with van der Waals surface area (Å²) in [5.41, 5.74) is 18.4. The summed E-state index contributed by atoms with van der Waals surface area (Å²) in [7, 11) is 1.50. The van der Waals surface area contributed by atoms with Gasteiger partial charge in [-0.05, 0) is 66.6 Å². The Morgan fingerprint density at radius 3 is 2.66 bits per heavy atom. The molecule has 214 valence electrons. The number of imidazole rings is 1. The van der Waals surface area contributed by atoms with Gasteiger partial charge in [0.15, 0.2) is 17.3 Å². The number of hydrogen-bond acceptors (Lipinski definition) is 11. The van der Waals surface area contributed by atoms with E-state index < -0.39 is 6.04 Å². The minimum Gasteiger partial charge on any atom is -0.390 e. The molecule has 1 amide bonds. The largest absolute Gasteiger partial charge is 0.390 e. The molecule has 1 atom stereocenters. The molecule has 41 heavy (non-hydrogen) atoms. The lowest BCUT2D eigenvalue weighted by Crippen LogP contribution is -2.35. The predicted octanol–water partition coefficient (Wildman–Crippen LogP) is 1.90. The molecule has 2 heterocycles. The zero-order valence-electron chi connectivity index (χ0n) is 22.7. The van der Waals surface area contributed by atoms with Crippen molar-refractivity contribution in [2.24, 2.45) is 22.2 Å². The molecule has 4 aromatic rings. The van der Waals surface area contributed by atoms with Gasteiger partial charge in [0.2, 0.25) is 11.7 Å². The third-order valence-electron chi connectivity index (χ3n) is 5.90. The molecule has 0 spiro atoms. The predicted molar refractivity (Wildman–Crippen MR) is 156 cm³/mol. The van der Waals surface area contributed by atoms with E-state index in [0.717, 1.165) is 5.52 Å². The maximum absolute atomic E-state index is 13.3. The van der Waals surface area contributed by atoms with E-state index >= 15 is 0 Å². The number of ketones is 1. The third-order valence-corrected chi connectivity index (χ3v) is 5.90. The molecular formula is C27H33N11O3. The number of benzene rings is 2. The first-order valence-corrected chi connectivity index (χ1v) is 12.9. The van der Waals surface area contributed by atoms with Crippen LogP contribution in [-0.2, 0) is 11.3 Å². The van der Waals surface area contributed by atoms with E-state index in [1.54, 1.807) is 28.8 Å². The second kappa shape index (κ2) is 15.5. The van der Waals surface area contributed by atoms with Crippen LogP contribution in [0.3, 0.4) is 0 Å². The number of aromatic nitrogens is 4. The Morgan fingerprint density at radius 1 is 1.17 bits per heavy atom. The minimum atomic E-state index is -0.683. The molecule has 0 fully saturated rings. The number of Topliss-reactive ketones (excluding diaryl/α,β-unsaturated/α-hetero) is 1. The van der Waals surface area contributed by atoms with Crippen molar-refractivity contribution in [3.8, 4) is 17.6 Å². The number of nitrogens with one attached hydrogen (secondary N) is 2. The summed E-state index contributed by atoms with van der Waals surface area (Å²) < 4.78 is 6.67. The fraction of sp³-hybridized carbons (Fsp3) is 0.296. The first-order valence-electron chi connectivity index (χ1n) is 12.9. The minimum absolute atomic E-state index is 0.0256. The van der Waals surface area contributed by atoms with Crippen molar-refractivity contribution in [2.45, 2.75) is 31.8 Å². The van der Waals surface area contributed by atoms with Gasteiger partial charge in [-0.3, -0.25) is 14.6 Å². The molecule has 4 rings (SSSR count). The standard InChI is InChI=1S/C26H28N10O3.CH5N/c27-12-4-14-31-24-23(34-39-35-24)25-33-20-6-1-2-7-21(20)36(25)15-22(37)17-8-10-18(11-9-17)32-26(38)19(29)5-3-13-30-16-28;1-2/h1-2,6-11,16,19H,3-5,13-15,29H2,(H2,28,30)(H,31,35)(H,32,38);2H2,1H3. The number of fused-ring (bicyclic) bond motifs is 1. The van der Waals surface area contributed by atoms with Crippen molar-refractivity contribution < 1.29 is 14.2 Å². The van der Waals surface area contributed by atoms with E-state index in [9.17, 15) is 9.59 Å². The van der Waals surface area contributed by atoms with Gasteiger partial charge >= 0.3 is 0 Å². The lowest BCUT2D eigenvalue weighted by molar-refractivity contribution is -0.117. The van der Waals surface area contributed by atoms with Crippen LogP contribution in [0.4, 0.5) is 11.5 Å². The number of anilines is 2. The van der Waals surface area contributed by atoms with Gasteiger partial charge in [0.1, 0.15) is 0 Å². The number of nitriles is 1. The van der Waals surface area contributed by atoms with Crippen LogP contribution in [0.25, 0.3) is 22.6 Å².